The molecule has 2 N–H and O–H groups in total. The highest BCUT2D eigenvalue weighted by Gasteiger charge is 2.03. The first-order valence-corrected chi connectivity index (χ1v) is 13.8. The summed E-state index contributed by atoms with van der Waals surface area (Å²) in [6, 6.07) is 9.07. The lowest BCUT2D eigenvalue weighted by Crippen LogP contribution is -2.30. The van der Waals surface area contributed by atoms with Crippen molar-refractivity contribution in [1.29, 1.82) is 0 Å². The second-order valence-electron chi connectivity index (χ2n) is 8.54. The third kappa shape index (κ3) is 20.7. The number of ether oxygens (including phenoxy) is 1. The fraction of sp³-hybridized carbons (Fsp3) is 0.394. The van der Waals surface area contributed by atoms with Crippen molar-refractivity contribution in [3.05, 3.63) is 109 Å². The summed E-state index contributed by atoms with van der Waals surface area (Å²) in [4.78, 5) is 23.8. The fourth-order valence-corrected chi connectivity index (χ4v) is 3.24. The lowest BCUT2D eigenvalue weighted by molar-refractivity contribution is -0.121. The molecule has 0 aliphatic carbocycles. The minimum absolute atomic E-state index is 0.0190. The Labute approximate surface area is 230 Å². The Morgan fingerprint density at radius 3 is 1.66 bits per heavy atom. The minimum atomic E-state index is -0.114. The maximum absolute atomic E-state index is 11.9. The predicted octanol–water partition coefficient (Wildman–Crippen LogP) is 7.03. The summed E-state index contributed by atoms with van der Waals surface area (Å²) in [5.41, 5.74) is 0.631. The standard InChI is InChI=1S/C33H46N2O3/c1-2-3-4-5-6-7-8-9-10-11-12-13-14-15-16-17-18-19-23-26-32(36)34-27-29-38-30-28-35-33(37)31-24-21-20-22-25-31/h3-4,6-7,9-10,12-13,15-16,18-22,24-25H,2,5,8,11,14,17,23,26-30H2,1H3,(H,34,36)(H,35,37). The predicted molar refractivity (Wildman–Crippen MR) is 160 cm³/mol. The summed E-state index contributed by atoms with van der Waals surface area (Å²) >= 11 is 0. The van der Waals surface area contributed by atoms with Crippen LogP contribution in [0.4, 0.5) is 0 Å². The van der Waals surface area contributed by atoms with E-state index >= 15 is 0 Å². The second-order valence-corrected chi connectivity index (χ2v) is 8.54. The van der Waals surface area contributed by atoms with Gasteiger partial charge in [-0.25, -0.2) is 0 Å². The second kappa shape index (κ2) is 25.2. The van der Waals surface area contributed by atoms with Crippen LogP contribution >= 0.6 is 0 Å². The van der Waals surface area contributed by atoms with E-state index < -0.39 is 0 Å². The zero-order valence-corrected chi connectivity index (χ0v) is 23.0. The molecule has 0 aliphatic rings. The van der Waals surface area contributed by atoms with E-state index in [-0.39, 0.29) is 11.8 Å². The van der Waals surface area contributed by atoms with Gasteiger partial charge in [-0.05, 0) is 57.1 Å². The van der Waals surface area contributed by atoms with Crippen LogP contribution in [0.5, 0.6) is 0 Å². The molecule has 1 aromatic carbocycles. The van der Waals surface area contributed by atoms with Crippen LogP contribution in [0, 0.1) is 0 Å². The maximum Gasteiger partial charge on any atom is 0.251 e. The van der Waals surface area contributed by atoms with Crippen LogP contribution in [-0.4, -0.2) is 38.1 Å². The monoisotopic (exact) mass is 518 g/mol. The third-order valence-corrected chi connectivity index (χ3v) is 5.27. The van der Waals surface area contributed by atoms with E-state index in [9.17, 15) is 9.59 Å². The SMILES string of the molecule is CCC=CCC=CCC=CCC=CCC=CCC=CCCC(=O)NCCOCCNC(=O)c1ccccc1. The lowest BCUT2D eigenvalue weighted by atomic mass is 10.2. The molecule has 0 saturated heterocycles. The molecule has 38 heavy (non-hydrogen) atoms. The van der Waals surface area contributed by atoms with Gasteiger partial charge in [-0.2, -0.15) is 0 Å². The molecule has 0 spiro atoms. The molecule has 5 heteroatoms. The van der Waals surface area contributed by atoms with Gasteiger partial charge in [0, 0.05) is 25.1 Å². The first-order chi connectivity index (χ1) is 18.7. The highest BCUT2D eigenvalue weighted by atomic mass is 16.5. The number of amides is 2. The third-order valence-electron chi connectivity index (χ3n) is 5.27. The smallest absolute Gasteiger partial charge is 0.251 e. The molecular weight excluding hydrogens is 472 g/mol. The molecule has 206 valence electrons. The minimum Gasteiger partial charge on any atom is -0.378 e. The van der Waals surface area contributed by atoms with Crippen LogP contribution in [-0.2, 0) is 9.53 Å². The van der Waals surface area contributed by atoms with Crippen molar-refractivity contribution in [2.75, 3.05) is 26.3 Å². The molecule has 1 rings (SSSR count). The first-order valence-electron chi connectivity index (χ1n) is 13.8. The van der Waals surface area contributed by atoms with E-state index in [0.717, 1.165) is 44.9 Å². The van der Waals surface area contributed by atoms with Crippen molar-refractivity contribution in [2.45, 2.75) is 58.3 Å². The highest BCUT2D eigenvalue weighted by molar-refractivity contribution is 5.94. The van der Waals surface area contributed by atoms with Crippen molar-refractivity contribution >= 4 is 11.8 Å². The number of benzene rings is 1. The van der Waals surface area contributed by atoms with E-state index in [0.29, 0.717) is 38.3 Å². The average molecular weight is 519 g/mol. The molecule has 0 heterocycles. The van der Waals surface area contributed by atoms with E-state index in [4.69, 9.17) is 4.74 Å². The van der Waals surface area contributed by atoms with Crippen molar-refractivity contribution in [2.24, 2.45) is 0 Å². The summed E-state index contributed by atoms with van der Waals surface area (Å²) in [5.74, 6) is -0.0950. The Morgan fingerprint density at radius 1 is 0.658 bits per heavy atom. The van der Waals surface area contributed by atoms with Gasteiger partial charge in [-0.15, -0.1) is 0 Å². The van der Waals surface area contributed by atoms with Crippen LogP contribution < -0.4 is 10.6 Å². The maximum atomic E-state index is 11.9. The van der Waals surface area contributed by atoms with Crippen molar-refractivity contribution in [1.82, 2.24) is 10.6 Å². The number of hydrogen-bond acceptors (Lipinski definition) is 3. The number of carbonyl (C=O) groups excluding carboxylic acids is 2. The Balaban J connectivity index is 1.91. The quantitative estimate of drug-likeness (QED) is 0.136. The zero-order valence-electron chi connectivity index (χ0n) is 23.0. The van der Waals surface area contributed by atoms with E-state index in [2.05, 4.69) is 84.4 Å². The summed E-state index contributed by atoms with van der Waals surface area (Å²) in [6.45, 7) is 3.89. The topological polar surface area (TPSA) is 67.4 Å². The number of hydrogen-bond donors (Lipinski definition) is 2. The Hall–Kier alpha value is -3.44. The number of nitrogens with one attached hydrogen (secondary N) is 2. The Morgan fingerprint density at radius 2 is 1.13 bits per heavy atom. The Bertz CT molecular complexity index is 911. The molecule has 2 amide bonds. The number of rotatable bonds is 21. The zero-order chi connectivity index (χ0) is 27.4. The largest absolute Gasteiger partial charge is 0.378 e. The van der Waals surface area contributed by atoms with Crippen LogP contribution in [0.25, 0.3) is 0 Å². The molecule has 0 aromatic heterocycles. The van der Waals surface area contributed by atoms with Crippen molar-refractivity contribution < 1.29 is 14.3 Å². The fourth-order valence-electron chi connectivity index (χ4n) is 3.24. The molecule has 5 nitrogen and oxygen atoms in total. The number of allylic oxidation sites excluding steroid dienone is 12. The molecule has 0 radical (unpaired) electrons. The summed E-state index contributed by atoms with van der Waals surface area (Å²) < 4.78 is 5.45. The van der Waals surface area contributed by atoms with Gasteiger partial charge >= 0.3 is 0 Å². The molecule has 1 aromatic rings. The van der Waals surface area contributed by atoms with Gasteiger partial charge < -0.3 is 15.4 Å². The van der Waals surface area contributed by atoms with Crippen LogP contribution in [0.3, 0.4) is 0 Å². The van der Waals surface area contributed by atoms with E-state index in [1.54, 1.807) is 12.1 Å². The van der Waals surface area contributed by atoms with Gasteiger partial charge in [0.25, 0.3) is 5.91 Å². The van der Waals surface area contributed by atoms with Crippen LogP contribution in [0.15, 0.2) is 103 Å². The molecule has 0 aliphatic heterocycles. The number of carbonyl (C=O) groups is 2. The molecule has 0 bridgehead atoms. The molecule has 0 atom stereocenters. The molecule has 0 fully saturated rings. The van der Waals surface area contributed by atoms with Gasteiger partial charge in [0.05, 0.1) is 13.2 Å². The normalized spacial score (nSPS) is 12.2. The molecule has 0 unspecified atom stereocenters. The summed E-state index contributed by atoms with van der Waals surface area (Å²) in [5, 5.41) is 5.65. The van der Waals surface area contributed by atoms with Gasteiger partial charge in [-0.3, -0.25) is 9.59 Å². The lowest BCUT2D eigenvalue weighted by Gasteiger charge is -2.07. The molecular formula is C33H46N2O3. The van der Waals surface area contributed by atoms with Crippen LogP contribution in [0.2, 0.25) is 0 Å². The van der Waals surface area contributed by atoms with Gasteiger partial charge in [0.1, 0.15) is 0 Å². The summed E-state index contributed by atoms with van der Waals surface area (Å²) in [7, 11) is 0. The molecule has 0 saturated carbocycles. The van der Waals surface area contributed by atoms with Crippen molar-refractivity contribution in [3.63, 3.8) is 0 Å². The van der Waals surface area contributed by atoms with Crippen LogP contribution in [0.1, 0.15) is 68.6 Å². The van der Waals surface area contributed by atoms with Gasteiger partial charge in [-0.1, -0.05) is 98.0 Å². The van der Waals surface area contributed by atoms with Gasteiger partial charge in [0.2, 0.25) is 5.91 Å². The highest BCUT2D eigenvalue weighted by Crippen LogP contribution is 1.99. The van der Waals surface area contributed by atoms with Gasteiger partial charge in [0.15, 0.2) is 0 Å². The van der Waals surface area contributed by atoms with E-state index in [1.165, 1.54) is 0 Å². The first kappa shape index (κ1) is 32.6. The Kier molecular flexibility index (Phi) is 21.6. The van der Waals surface area contributed by atoms with Crippen molar-refractivity contribution in [3.8, 4) is 0 Å². The van der Waals surface area contributed by atoms with E-state index in [1.807, 2.05) is 24.3 Å². The average Bonchev–Trinajstić information content (AvgIpc) is 2.94. The summed E-state index contributed by atoms with van der Waals surface area (Å²) in [6.07, 6.45) is 33.1.